The van der Waals surface area contributed by atoms with Crippen LogP contribution in [0.4, 0.5) is 0 Å². The zero-order valence-electron chi connectivity index (χ0n) is 18.2. The van der Waals surface area contributed by atoms with Gasteiger partial charge in [-0.05, 0) is 38.1 Å². The number of hydrogen-bond acceptors (Lipinski definition) is 6. The number of amides is 1. The number of halogens is 3. The van der Waals surface area contributed by atoms with Crippen LogP contribution < -0.4 is 4.74 Å². The molecule has 7 nitrogen and oxygen atoms in total. The predicted molar refractivity (Wildman–Crippen MR) is 126 cm³/mol. The van der Waals surface area contributed by atoms with Gasteiger partial charge in [-0.25, -0.2) is 0 Å². The molecule has 0 aromatic heterocycles. The lowest BCUT2D eigenvalue weighted by Gasteiger charge is -2.22. The largest absolute Gasteiger partial charge is 0.454 e. The minimum Gasteiger partial charge on any atom is -0.454 e. The molecule has 0 N–H and O–H groups in total. The first kappa shape index (κ1) is 26.7. The van der Waals surface area contributed by atoms with Gasteiger partial charge in [0.2, 0.25) is 0 Å². The molecule has 0 atom stereocenters. The first-order valence-electron chi connectivity index (χ1n) is 10.1. The molecule has 0 fully saturated rings. The lowest BCUT2D eigenvalue weighted by atomic mass is 10.1. The van der Waals surface area contributed by atoms with Crippen molar-refractivity contribution in [1.29, 1.82) is 10.5 Å². The fourth-order valence-electron chi connectivity index (χ4n) is 2.87. The molecule has 2 aromatic rings. The van der Waals surface area contributed by atoms with Gasteiger partial charge in [0.05, 0.1) is 28.8 Å². The molecule has 0 radical (unpaired) electrons. The van der Waals surface area contributed by atoms with Crippen molar-refractivity contribution in [3.63, 3.8) is 0 Å². The third kappa shape index (κ3) is 6.74. The van der Waals surface area contributed by atoms with E-state index in [4.69, 9.17) is 49.0 Å². The minimum atomic E-state index is -0.182. The van der Waals surface area contributed by atoms with Crippen molar-refractivity contribution >= 4 is 40.7 Å². The fraction of sp³-hybridized carbons (Fsp3) is 0.348. The minimum absolute atomic E-state index is 0.0840. The lowest BCUT2D eigenvalue weighted by molar-refractivity contribution is 0.0550. The van der Waals surface area contributed by atoms with Gasteiger partial charge in [-0.1, -0.05) is 34.8 Å². The van der Waals surface area contributed by atoms with E-state index in [-0.39, 0.29) is 37.9 Å². The number of ether oxygens (including phenoxy) is 3. The van der Waals surface area contributed by atoms with Gasteiger partial charge in [0.25, 0.3) is 5.91 Å². The second-order valence-corrected chi connectivity index (χ2v) is 7.69. The molecule has 0 aliphatic heterocycles. The first-order valence-corrected chi connectivity index (χ1v) is 11.3. The highest BCUT2D eigenvalue weighted by Crippen LogP contribution is 2.44. The molecule has 1 amide bonds. The molecule has 0 aliphatic rings. The third-order valence-electron chi connectivity index (χ3n) is 4.53. The van der Waals surface area contributed by atoms with Gasteiger partial charge in [-0.2, -0.15) is 10.5 Å². The average Bonchev–Trinajstić information content (AvgIpc) is 2.83. The molecule has 0 aliphatic carbocycles. The molecule has 2 rings (SSSR count). The Hall–Kier alpha value is -2.52. The smallest absolute Gasteiger partial charge is 0.254 e. The predicted octanol–water partition coefficient (Wildman–Crippen LogP) is 5.70. The summed E-state index contributed by atoms with van der Waals surface area (Å²) in [4.78, 5) is 14.6. The van der Waals surface area contributed by atoms with Gasteiger partial charge < -0.3 is 19.1 Å². The van der Waals surface area contributed by atoms with Gasteiger partial charge in [0.15, 0.2) is 5.75 Å². The number of benzene rings is 2. The Bertz CT molecular complexity index is 1050. The number of rotatable bonds is 11. The SMILES string of the molecule is CCOCCN(CCOCC)C(=O)c1ccc(Oc2c(Cl)c(Cl)c(Cl)c(C#N)c2C#N)cc1. The van der Waals surface area contributed by atoms with E-state index >= 15 is 0 Å². The van der Waals surface area contributed by atoms with Gasteiger partial charge >= 0.3 is 0 Å². The molecule has 33 heavy (non-hydrogen) atoms. The summed E-state index contributed by atoms with van der Waals surface area (Å²) < 4.78 is 16.5. The van der Waals surface area contributed by atoms with E-state index in [2.05, 4.69) is 0 Å². The molecule has 174 valence electrons. The number of nitrogens with zero attached hydrogens (tertiary/aromatic N) is 3. The van der Waals surface area contributed by atoms with Crippen molar-refractivity contribution in [2.75, 3.05) is 39.5 Å². The second kappa shape index (κ2) is 13.3. The van der Waals surface area contributed by atoms with Crippen LogP contribution in [-0.2, 0) is 9.47 Å². The summed E-state index contributed by atoms with van der Waals surface area (Å²) in [7, 11) is 0. The van der Waals surface area contributed by atoms with E-state index in [9.17, 15) is 15.3 Å². The molecular weight excluding hydrogens is 489 g/mol. The Morgan fingerprint density at radius 3 is 1.91 bits per heavy atom. The molecule has 0 saturated heterocycles. The number of hydrogen-bond donors (Lipinski definition) is 0. The fourth-order valence-corrected chi connectivity index (χ4v) is 3.55. The zero-order chi connectivity index (χ0) is 24.4. The zero-order valence-corrected chi connectivity index (χ0v) is 20.4. The van der Waals surface area contributed by atoms with E-state index in [0.29, 0.717) is 50.8 Å². The first-order chi connectivity index (χ1) is 15.9. The molecule has 0 bridgehead atoms. The summed E-state index contributed by atoms with van der Waals surface area (Å²) in [5, 5.41) is 18.5. The van der Waals surface area contributed by atoms with Crippen LogP contribution in [0.15, 0.2) is 24.3 Å². The normalized spacial score (nSPS) is 10.4. The van der Waals surface area contributed by atoms with Crippen molar-refractivity contribution in [2.45, 2.75) is 13.8 Å². The monoisotopic (exact) mass is 509 g/mol. The van der Waals surface area contributed by atoms with Gasteiger partial charge in [-0.3, -0.25) is 4.79 Å². The van der Waals surface area contributed by atoms with Crippen LogP contribution in [0.1, 0.15) is 35.3 Å². The summed E-state index contributed by atoms with van der Waals surface area (Å²) in [6, 6.07) is 10.0. The Morgan fingerprint density at radius 2 is 1.42 bits per heavy atom. The van der Waals surface area contributed by atoms with E-state index in [0.717, 1.165) is 0 Å². The lowest BCUT2D eigenvalue weighted by Crippen LogP contribution is -2.36. The van der Waals surface area contributed by atoms with E-state index in [1.165, 1.54) is 0 Å². The standard InChI is InChI=1S/C23H22Cl3N3O4/c1-3-31-11-9-29(10-12-32-4-2)23(30)15-5-7-16(8-6-15)33-22-18(14-28)17(13-27)19(24)20(25)21(22)26/h5-8H,3-4,9-12H2,1-2H3. The quantitative estimate of drug-likeness (QED) is 0.284. The van der Waals surface area contributed by atoms with Crippen molar-refractivity contribution in [1.82, 2.24) is 4.90 Å². The number of nitriles is 2. The average molecular weight is 511 g/mol. The molecule has 0 heterocycles. The van der Waals surface area contributed by atoms with Gasteiger partial charge in [0.1, 0.15) is 28.5 Å². The highest BCUT2D eigenvalue weighted by molar-refractivity contribution is 6.49. The van der Waals surface area contributed by atoms with Crippen LogP contribution in [0, 0.1) is 22.7 Å². The van der Waals surface area contributed by atoms with Crippen LogP contribution in [0.3, 0.4) is 0 Å². The maximum atomic E-state index is 13.0. The summed E-state index contributed by atoms with van der Waals surface area (Å²) in [5.74, 6) is 0.0275. The van der Waals surface area contributed by atoms with Gasteiger partial charge in [0, 0.05) is 31.9 Å². The highest BCUT2D eigenvalue weighted by Gasteiger charge is 2.23. The van der Waals surface area contributed by atoms with Crippen molar-refractivity contribution < 1.29 is 19.0 Å². The molecule has 0 saturated carbocycles. The highest BCUT2D eigenvalue weighted by atomic mass is 35.5. The van der Waals surface area contributed by atoms with Crippen LogP contribution in [0.5, 0.6) is 11.5 Å². The van der Waals surface area contributed by atoms with Crippen molar-refractivity contribution in [2.24, 2.45) is 0 Å². The van der Waals surface area contributed by atoms with Crippen LogP contribution in [0.25, 0.3) is 0 Å². The van der Waals surface area contributed by atoms with Crippen LogP contribution in [-0.4, -0.2) is 50.3 Å². The molecular formula is C23H22Cl3N3O4. The summed E-state index contributed by atoms with van der Waals surface area (Å²) in [5.41, 5.74) is 0.179. The Balaban J connectivity index is 2.26. The molecule has 2 aromatic carbocycles. The maximum Gasteiger partial charge on any atom is 0.254 e. The Morgan fingerprint density at radius 1 is 0.879 bits per heavy atom. The third-order valence-corrected chi connectivity index (χ3v) is 5.84. The second-order valence-electron chi connectivity index (χ2n) is 6.56. The van der Waals surface area contributed by atoms with Crippen LogP contribution >= 0.6 is 34.8 Å². The molecule has 10 heteroatoms. The maximum absolute atomic E-state index is 13.0. The Labute approximate surface area is 207 Å². The van der Waals surface area contributed by atoms with E-state index < -0.39 is 0 Å². The van der Waals surface area contributed by atoms with Crippen molar-refractivity contribution in [3.8, 4) is 23.6 Å². The summed E-state index contributed by atoms with van der Waals surface area (Å²) >= 11 is 18.3. The van der Waals surface area contributed by atoms with Crippen molar-refractivity contribution in [3.05, 3.63) is 56.0 Å². The summed E-state index contributed by atoms with van der Waals surface area (Å²) in [6.07, 6.45) is 0. The summed E-state index contributed by atoms with van der Waals surface area (Å²) in [6.45, 7) is 6.61. The molecule has 0 unspecified atom stereocenters. The number of carbonyl (C=O) groups is 1. The van der Waals surface area contributed by atoms with E-state index in [1.807, 2.05) is 26.0 Å². The topological polar surface area (TPSA) is 95.6 Å². The van der Waals surface area contributed by atoms with Crippen LogP contribution in [0.2, 0.25) is 15.1 Å². The van der Waals surface area contributed by atoms with Gasteiger partial charge in [-0.15, -0.1) is 0 Å². The van der Waals surface area contributed by atoms with E-state index in [1.54, 1.807) is 29.2 Å². The molecule has 0 spiro atoms. The Kier molecular flexibility index (Phi) is 10.7. The number of carbonyl (C=O) groups excluding carboxylic acids is 1.